The molecule has 0 bridgehead atoms. The minimum atomic E-state index is 0.157. The summed E-state index contributed by atoms with van der Waals surface area (Å²) in [5.41, 5.74) is 0. The van der Waals surface area contributed by atoms with Gasteiger partial charge in [-0.3, -0.25) is 9.69 Å². The van der Waals surface area contributed by atoms with Crippen molar-refractivity contribution in [1.29, 1.82) is 5.26 Å². The lowest BCUT2D eigenvalue weighted by Crippen LogP contribution is -2.46. The highest BCUT2D eigenvalue weighted by Crippen LogP contribution is 2.35. The normalized spacial score (nSPS) is 27.4. The van der Waals surface area contributed by atoms with Crippen LogP contribution in [0.5, 0.6) is 0 Å². The van der Waals surface area contributed by atoms with Crippen LogP contribution in [0.15, 0.2) is 0 Å². The number of fused-ring (bicyclic) bond motifs is 1. The van der Waals surface area contributed by atoms with Crippen molar-refractivity contribution in [2.75, 3.05) is 33.2 Å². The molecule has 4 heteroatoms. The topological polar surface area (TPSA) is 47.3 Å². The van der Waals surface area contributed by atoms with Crippen LogP contribution in [0, 0.1) is 23.2 Å². The van der Waals surface area contributed by atoms with E-state index in [1.165, 1.54) is 32.1 Å². The van der Waals surface area contributed by atoms with E-state index in [9.17, 15) is 4.79 Å². The number of carbonyl (C=O) groups is 1. The maximum Gasteiger partial charge on any atom is 0.236 e. The largest absolute Gasteiger partial charge is 0.344 e. The highest BCUT2D eigenvalue weighted by molar-refractivity contribution is 5.78. The van der Waals surface area contributed by atoms with Crippen molar-refractivity contribution in [2.45, 2.75) is 38.5 Å². The van der Waals surface area contributed by atoms with Crippen molar-refractivity contribution in [1.82, 2.24) is 9.80 Å². The van der Waals surface area contributed by atoms with Crippen LogP contribution in [-0.4, -0.2) is 48.9 Å². The first-order valence-electron chi connectivity index (χ1n) is 7.54. The maximum absolute atomic E-state index is 12.1. The van der Waals surface area contributed by atoms with Gasteiger partial charge in [-0.25, -0.2) is 0 Å². The fourth-order valence-corrected chi connectivity index (χ4v) is 3.47. The van der Waals surface area contributed by atoms with Gasteiger partial charge in [0.1, 0.15) is 0 Å². The smallest absolute Gasteiger partial charge is 0.236 e. The van der Waals surface area contributed by atoms with E-state index >= 15 is 0 Å². The lowest BCUT2D eigenvalue weighted by molar-refractivity contribution is -0.131. The van der Waals surface area contributed by atoms with Gasteiger partial charge in [0.25, 0.3) is 0 Å². The van der Waals surface area contributed by atoms with Crippen LogP contribution in [0.2, 0.25) is 0 Å². The Morgan fingerprint density at radius 3 is 2.79 bits per heavy atom. The highest BCUT2D eigenvalue weighted by atomic mass is 16.2. The van der Waals surface area contributed by atoms with E-state index in [-0.39, 0.29) is 5.91 Å². The van der Waals surface area contributed by atoms with Gasteiger partial charge < -0.3 is 4.90 Å². The number of hydrogen-bond donors (Lipinski definition) is 0. The molecule has 2 aliphatic rings. The summed E-state index contributed by atoms with van der Waals surface area (Å²) in [6, 6.07) is 2.09. The van der Waals surface area contributed by atoms with Gasteiger partial charge in [0, 0.05) is 20.1 Å². The van der Waals surface area contributed by atoms with Crippen molar-refractivity contribution in [3.05, 3.63) is 0 Å². The second-order valence-electron chi connectivity index (χ2n) is 6.05. The van der Waals surface area contributed by atoms with E-state index in [0.717, 1.165) is 24.9 Å². The minimum absolute atomic E-state index is 0.157. The van der Waals surface area contributed by atoms with Crippen LogP contribution in [0.3, 0.4) is 0 Å². The van der Waals surface area contributed by atoms with Gasteiger partial charge in [-0.15, -0.1) is 0 Å². The van der Waals surface area contributed by atoms with Crippen molar-refractivity contribution < 1.29 is 4.79 Å². The monoisotopic (exact) mass is 263 g/mol. The Kier molecular flexibility index (Phi) is 5.21. The molecule has 0 aromatic carbocycles. The minimum Gasteiger partial charge on any atom is -0.344 e. The van der Waals surface area contributed by atoms with Gasteiger partial charge in [0.15, 0.2) is 0 Å². The van der Waals surface area contributed by atoms with Crippen molar-refractivity contribution >= 4 is 5.91 Å². The molecule has 2 fully saturated rings. The van der Waals surface area contributed by atoms with Crippen molar-refractivity contribution in [3.63, 3.8) is 0 Å². The first-order chi connectivity index (χ1) is 9.20. The summed E-state index contributed by atoms with van der Waals surface area (Å²) >= 11 is 0. The molecule has 1 saturated carbocycles. The third-order valence-corrected chi connectivity index (χ3v) is 4.72. The number of carbonyl (C=O) groups excluding carboxylic acids is 1. The number of likely N-dealkylation sites (N-methyl/N-ethyl adjacent to an activating group) is 1. The number of likely N-dealkylation sites (tertiary alicyclic amines) is 1. The Morgan fingerprint density at radius 1 is 1.32 bits per heavy atom. The standard InChI is InChI=1S/C15H25N3O/c1-17(9-4-8-16)15(19)12-18-10-7-13-5-2-3-6-14(13)11-18/h13-14H,2-7,9-12H2,1H3/t13-,14-/m1/s1. The Labute approximate surface area is 116 Å². The van der Waals surface area contributed by atoms with Crippen LogP contribution in [0.4, 0.5) is 0 Å². The van der Waals surface area contributed by atoms with Gasteiger partial charge in [0.2, 0.25) is 5.91 Å². The fourth-order valence-electron chi connectivity index (χ4n) is 3.47. The summed E-state index contributed by atoms with van der Waals surface area (Å²) in [4.78, 5) is 16.1. The Morgan fingerprint density at radius 2 is 2.05 bits per heavy atom. The van der Waals surface area contributed by atoms with E-state index in [1.54, 1.807) is 11.9 Å². The van der Waals surface area contributed by atoms with E-state index in [0.29, 0.717) is 19.5 Å². The van der Waals surface area contributed by atoms with E-state index in [1.807, 2.05) is 0 Å². The third kappa shape index (κ3) is 3.94. The second-order valence-corrected chi connectivity index (χ2v) is 6.05. The van der Waals surface area contributed by atoms with Gasteiger partial charge in [-0.1, -0.05) is 19.3 Å². The molecule has 106 valence electrons. The van der Waals surface area contributed by atoms with Gasteiger partial charge in [-0.2, -0.15) is 5.26 Å². The summed E-state index contributed by atoms with van der Waals surface area (Å²) < 4.78 is 0. The molecule has 0 aromatic rings. The SMILES string of the molecule is CN(CCC#N)C(=O)CN1CC[C@H]2CCCC[C@@H]2C1. The number of nitrogens with zero attached hydrogens (tertiary/aromatic N) is 3. The molecule has 2 atom stereocenters. The third-order valence-electron chi connectivity index (χ3n) is 4.72. The molecule has 0 aromatic heterocycles. The summed E-state index contributed by atoms with van der Waals surface area (Å²) in [5, 5.41) is 8.55. The second kappa shape index (κ2) is 6.91. The van der Waals surface area contributed by atoms with E-state index in [4.69, 9.17) is 5.26 Å². The molecule has 0 unspecified atom stereocenters. The maximum atomic E-state index is 12.1. The quantitative estimate of drug-likeness (QED) is 0.778. The molecule has 1 aliphatic carbocycles. The van der Waals surface area contributed by atoms with Crippen LogP contribution in [-0.2, 0) is 4.79 Å². The Bertz CT molecular complexity index is 350. The molecule has 2 rings (SSSR count). The molecule has 1 amide bonds. The average molecular weight is 263 g/mol. The van der Waals surface area contributed by atoms with Crippen molar-refractivity contribution in [2.24, 2.45) is 11.8 Å². The zero-order valence-corrected chi connectivity index (χ0v) is 12.0. The molecule has 0 radical (unpaired) electrons. The van der Waals surface area contributed by atoms with Crippen LogP contribution in [0.25, 0.3) is 0 Å². The first-order valence-corrected chi connectivity index (χ1v) is 7.54. The zero-order chi connectivity index (χ0) is 13.7. The number of nitriles is 1. The average Bonchev–Trinajstić information content (AvgIpc) is 2.44. The van der Waals surface area contributed by atoms with Crippen LogP contribution >= 0.6 is 0 Å². The number of amides is 1. The van der Waals surface area contributed by atoms with Gasteiger partial charge in [-0.05, 0) is 31.2 Å². The number of hydrogen-bond acceptors (Lipinski definition) is 3. The van der Waals surface area contributed by atoms with E-state index < -0.39 is 0 Å². The fraction of sp³-hybridized carbons (Fsp3) is 0.867. The highest BCUT2D eigenvalue weighted by Gasteiger charge is 2.31. The summed E-state index contributed by atoms with van der Waals surface area (Å²) in [6.45, 7) is 3.25. The van der Waals surface area contributed by atoms with E-state index in [2.05, 4.69) is 11.0 Å². The predicted octanol–water partition coefficient (Wildman–Crippen LogP) is 1.87. The zero-order valence-electron chi connectivity index (χ0n) is 12.0. The van der Waals surface area contributed by atoms with Gasteiger partial charge >= 0.3 is 0 Å². The molecule has 0 spiro atoms. The molecule has 0 N–H and O–H groups in total. The molecule has 1 aliphatic heterocycles. The molecular weight excluding hydrogens is 238 g/mol. The van der Waals surface area contributed by atoms with Crippen molar-refractivity contribution in [3.8, 4) is 6.07 Å². The number of rotatable bonds is 4. The summed E-state index contributed by atoms with van der Waals surface area (Å²) in [7, 11) is 1.80. The van der Waals surface area contributed by atoms with Crippen LogP contribution in [0.1, 0.15) is 38.5 Å². The molecular formula is C15H25N3O. The molecule has 19 heavy (non-hydrogen) atoms. The Hall–Kier alpha value is -1.08. The number of piperidine rings is 1. The molecule has 1 heterocycles. The lowest BCUT2D eigenvalue weighted by Gasteiger charge is -2.41. The lowest BCUT2D eigenvalue weighted by atomic mass is 9.75. The van der Waals surface area contributed by atoms with Gasteiger partial charge in [0.05, 0.1) is 19.0 Å². The predicted molar refractivity (Wildman–Crippen MR) is 74.4 cm³/mol. The molecule has 4 nitrogen and oxygen atoms in total. The summed E-state index contributed by atoms with van der Waals surface area (Å²) in [6.07, 6.45) is 7.20. The van der Waals surface area contributed by atoms with Crippen LogP contribution < -0.4 is 0 Å². The summed E-state index contributed by atoms with van der Waals surface area (Å²) in [5.74, 6) is 1.89. The molecule has 1 saturated heterocycles. The first kappa shape index (κ1) is 14.3. The Balaban J connectivity index is 1.77.